The zero-order valence-electron chi connectivity index (χ0n) is 19.5. The largest absolute Gasteiger partial charge is 0.495 e. The van der Waals surface area contributed by atoms with Crippen LogP contribution in [0.1, 0.15) is 24.7 Å². The van der Waals surface area contributed by atoms with Gasteiger partial charge in [-0.15, -0.1) is 0 Å². The fourth-order valence-electron chi connectivity index (χ4n) is 3.46. The number of hydrogen-bond donors (Lipinski definition) is 2. The second-order valence-corrected chi connectivity index (χ2v) is 11.1. The molecule has 10 nitrogen and oxygen atoms in total. The lowest BCUT2D eigenvalue weighted by Gasteiger charge is -2.27. The van der Waals surface area contributed by atoms with Crippen molar-refractivity contribution >= 4 is 75.3 Å². The highest BCUT2D eigenvalue weighted by Gasteiger charge is 2.54. The van der Waals surface area contributed by atoms with Gasteiger partial charge < -0.3 is 38.9 Å². The maximum atomic E-state index is 12.6. The molecule has 36 heavy (non-hydrogen) atoms. The number of carbonyl (C=O) groups excluding carboxylic acids is 1. The number of hydrogen-bond acceptors (Lipinski definition) is 9. The second kappa shape index (κ2) is 13.1. The number of aliphatic hydroxyl groups excluding tert-OH is 1. The van der Waals surface area contributed by atoms with Crippen molar-refractivity contribution in [2.45, 2.75) is 31.0 Å². The molecule has 0 saturated heterocycles. The van der Waals surface area contributed by atoms with Crippen molar-refractivity contribution in [3.05, 3.63) is 47.6 Å². The van der Waals surface area contributed by atoms with Crippen LogP contribution in [0.3, 0.4) is 0 Å². The standard InChI is InChI=1S/C22H24Br4N2O8/c1-31-17-14(25)9-22(35-10-15(17)26)19(29)16(28-36-22)20(30)27-5-4-6-34-18-12(23)7-11(8-13(18)24)21(32-2)33-3/h7-8,10,19,21,29H,4-6,9H2,1-3H3,(H,27,30)/t19-,22+/m0/s1. The van der Waals surface area contributed by atoms with E-state index in [1.807, 2.05) is 12.1 Å². The molecule has 3 rings (SSSR count). The molecule has 0 fully saturated rings. The summed E-state index contributed by atoms with van der Waals surface area (Å²) in [5.41, 5.74) is 0.629. The first-order valence-electron chi connectivity index (χ1n) is 10.5. The monoisotopic (exact) mass is 760 g/mol. The van der Waals surface area contributed by atoms with E-state index in [2.05, 4.69) is 74.2 Å². The van der Waals surface area contributed by atoms with Gasteiger partial charge in [0.1, 0.15) is 17.8 Å². The first-order chi connectivity index (χ1) is 17.2. The Hall–Kier alpha value is -1.16. The number of oxime groups is 1. The summed E-state index contributed by atoms with van der Waals surface area (Å²) in [6.07, 6.45) is -0.0356. The molecule has 0 bridgehead atoms. The Bertz CT molecular complexity index is 1050. The van der Waals surface area contributed by atoms with Gasteiger partial charge in [0.2, 0.25) is 0 Å². The van der Waals surface area contributed by atoms with Gasteiger partial charge in [-0.2, -0.15) is 0 Å². The van der Waals surface area contributed by atoms with Crippen LogP contribution < -0.4 is 10.1 Å². The second-order valence-electron chi connectivity index (χ2n) is 7.56. The van der Waals surface area contributed by atoms with E-state index in [4.69, 9.17) is 28.5 Å². The number of carbonyl (C=O) groups is 1. The van der Waals surface area contributed by atoms with E-state index >= 15 is 0 Å². The third-order valence-electron chi connectivity index (χ3n) is 5.21. The number of nitrogens with zero attached hydrogens (tertiary/aromatic N) is 1. The molecule has 14 heteroatoms. The van der Waals surface area contributed by atoms with Crippen LogP contribution >= 0.6 is 63.7 Å². The summed E-state index contributed by atoms with van der Waals surface area (Å²) in [6, 6.07) is 3.70. The average molecular weight is 764 g/mol. The van der Waals surface area contributed by atoms with Crippen molar-refractivity contribution in [3.63, 3.8) is 0 Å². The summed E-state index contributed by atoms with van der Waals surface area (Å²) in [5, 5.41) is 17.3. The number of rotatable bonds is 10. The van der Waals surface area contributed by atoms with E-state index in [0.29, 0.717) is 33.5 Å². The number of aliphatic hydroxyl groups is 1. The van der Waals surface area contributed by atoms with E-state index in [9.17, 15) is 9.90 Å². The fourth-order valence-corrected chi connectivity index (χ4v) is 6.43. The van der Waals surface area contributed by atoms with Crippen LogP contribution in [0.15, 0.2) is 47.2 Å². The first-order valence-corrected chi connectivity index (χ1v) is 13.7. The molecule has 0 saturated carbocycles. The van der Waals surface area contributed by atoms with E-state index < -0.39 is 24.1 Å². The molecule has 1 amide bonds. The number of amides is 1. The van der Waals surface area contributed by atoms with Gasteiger partial charge in [0.15, 0.2) is 18.1 Å². The topological polar surface area (TPSA) is 117 Å². The first kappa shape index (κ1) is 29.4. The molecule has 2 heterocycles. The van der Waals surface area contributed by atoms with Crippen LogP contribution in [-0.2, 0) is 28.6 Å². The number of halogens is 4. The van der Waals surface area contributed by atoms with Crippen LogP contribution in [0.25, 0.3) is 0 Å². The van der Waals surface area contributed by atoms with Crippen molar-refractivity contribution in [2.75, 3.05) is 34.5 Å². The molecular formula is C22H24Br4N2O8. The minimum absolute atomic E-state index is 0.0646. The molecule has 2 N–H and O–H groups in total. The SMILES string of the molecule is COC1=C(Br)C[C@@]2(OC=C1Br)ON=C(C(=O)NCCCOc1c(Br)cc(C(OC)OC)cc1Br)[C@@H]2O. The van der Waals surface area contributed by atoms with E-state index in [1.165, 1.54) is 13.4 Å². The van der Waals surface area contributed by atoms with Crippen LogP contribution in [0.2, 0.25) is 0 Å². The van der Waals surface area contributed by atoms with Gasteiger partial charge in [0, 0.05) is 30.8 Å². The Morgan fingerprint density at radius 1 is 1.22 bits per heavy atom. The lowest BCUT2D eigenvalue weighted by atomic mass is 10.0. The van der Waals surface area contributed by atoms with E-state index in [-0.39, 0.29) is 18.7 Å². The van der Waals surface area contributed by atoms with Crippen molar-refractivity contribution in [2.24, 2.45) is 5.16 Å². The molecule has 0 aromatic heterocycles. The maximum Gasteiger partial charge on any atom is 0.311 e. The Kier molecular flexibility index (Phi) is 10.7. The van der Waals surface area contributed by atoms with Gasteiger partial charge in [0.25, 0.3) is 5.91 Å². The number of nitrogens with one attached hydrogen (secondary N) is 1. The highest BCUT2D eigenvalue weighted by molar-refractivity contribution is 9.12. The van der Waals surface area contributed by atoms with Crippen LogP contribution in [-0.4, -0.2) is 63.1 Å². The van der Waals surface area contributed by atoms with Gasteiger partial charge in [-0.25, -0.2) is 0 Å². The Morgan fingerprint density at radius 2 is 1.89 bits per heavy atom. The molecule has 1 aromatic carbocycles. The Balaban J connectivity index is 1.51. The van der Waals surface area contributed by atoms with Crippen molar-refractivity contribution in [1.29, 1.82) is 0 Å². The smallest absolute Gasteiger partial charge is 0.311 e. The molecule has 1 spiro atoms. The minimum Gasteiger partial charge on any atom is -0.495 e. The molecule has 0 aliphatic carbocycles. The van der Waals surface area contributed by atoms with Gasteiger partial charge in [-0.3, -0.25) is 4.79 Å². The molecule has 0 radical (unpaired) electrons. The zero-order chi connectivity index (χ0) is 26.5. The number of ether oxygens (including phenoxy) is 5. The third-order valence-corrected chi connectivity index (χ3v) is 7.58. The average Bonchev–Trinajstić information content (AvgIpc) is 3.08. The predicted octanol–water partition coefficient (Wildman–Crippen LogP) is 4.74. The minimum atomic E-state index is -1.59. The maximum absolute atomic E-state index is 12.6. The summed E-state index contributed by atoms with van der Waals surface area (Å²) in [5.74, 6) is -1.07. The summed E-state index contributed by atoms with van der Waals surface area (Å²) in [6.45, 7) is 0.605. The summed E-state index contributed by atoms with van der Waals surface area (Å²) < 4.78 is 29.9. The van der Waals surface area contributed by atoms with E-state index in [0.717, 1.165) is 14.5 Å². The van der Waals surface area contributed by atoms with Crippen molar-refractivity contribution in [1.82, 2.24) is 5.32 Å². The molecule has 2 aliphatic rings. The summed E-state index contributed by atoms with van der Waals surface area (Å²) in [7, 11) is 4.62. The molecule has 198 valence electrons. The Labute approximate surface area is 241 Å². The third kappa shape index (κ3) is 6.45. The fraction of sp³-hybridized carbons (Fsp3) is 0.455. The number of methoxy groups -OCH3 is 3. The van der Waals surface area contributed by atoms with Crippen LogP contribution in [0.5, 0.6) is 5.75 Å². The number of benzene rings is 1. The molecule has 1 aromatic rings. The number of allylic oxidation sites excluding steroid dienone is 1. The predicted molar refractivity (Wildman–Crippen MR) is 145 cm³/mol. The summed E-state index contributed by atoms with van der Waals surface area (Å²) in [4.78, 5) is 18.0. The normalized spacial score (nSPS) is 21.5. The molecular weight excluding hydrogens is 740 g/mol. The summed E-state index contributed by atoms with van der Waals surface area (Å²) >= 11 is 13.7. The van der Waals surface area contributed by atoms with Gasteiger partial charge in [0.05, 0.1) is 33.6 Å². The molecule has 0 unspecified atom stereocenters. The highest BCUT2D eigenvalue weighted by Crippen LogP contribution is 2.41. The van der Waals surface area contributed by atoms with Gasteiger partial charge >= 0.3 is 5.79 Å². The zero-order valence-corrected chi connectivity index (χ0v) is 25.8. The lowest BCUT2D eigenvalue weighted by molar-refractivity contribution is -0.225. The van der Waals surface area contributed by atoms with Gasteiger partial charge in [-0.1, -0.05) is 21.1 Å². The van der Waals surface area contributed by atoms with Crippen molar-refractivity contribution in [3.8, 4) is 5.75 Å². The van der Waals surface area contributed by atoms with E-state index in [1.54, 1.807) is 14.2 Å². The molecule has 2 aliphatic heterocycles. The quantitative estimate of drug-likeness (QED) is 0.260. The lowest BCUT2D eigenvalue weighted by Crippen LogP contribution is -2.49. The van der Waals surface area contributed by atoms with Crippen LogP contribution in [0.4, 0.5) is 0 Å². The van der Waals surface area contributed by atoms with Crippen LogP contribution in [0, 0.1) is 0 Å². The Morgan fingerprint density at radius 3 is 2.50 bits per heavy atom. The van der Waals surface area contributed by atoms with Crippen molar-refractivity contribution < 1.29 is 38.4 Å². The highest BCUT2D eigenvalue weighted by atomic mass is 79.9. The molecule has 2 atom stereocenters. The van der Waals surface area contributed by atoms with Gasteiger partial charge in [-0.05, 0) is 66.3 Å².